The molecule has 2 aromatic rings. The van der Waals surface area contributed by atoms with E-state index in [0.29, 0.717) is 28.4 Å². The van der Waals surface area contributed by atoms with E-state index >= 15 is 0 Å². The summed E-state index contributed by atoms with van der Waals surface area (Å²) in [6, 6.07) is 9.90. The van der Waals surface area contributed by atoms with Crippen molar-refractivity contribution in [3.05, 3.63) is 53.1 Å². The molecule has 0 spiro atoms. The molecule has 118 valence electrons. The van der Waals surface area contributed by atoms with Gasteiger partial charge in [0.15, 0.2) is 17.3 Å². The highest BCUT2D eigenvalue weighted by atomic mass is 16.5. The Morgan fingerprint density at radius 1 is 1.09 bits per heavy atom. The summed E-state index contributed by atoms with van der Waals surface area (Å²) in [4.78, 5) is 12.5. The van der Waals surface area contributed by atoms with Gasteiger partial charge in [0.25, 0.3) is 0 Å². The molecule has 0 saturated heterocycles. The maximum Gasteiger partial charge on any atom is 0.196 e. The Hall–Kier alpha value is -2.95. The van der Waals surface area contributed by atoms with Crippen LogP contribution in [0.25, 0.3) is 6.08 Å². The summed E-state index contributed by atoms with van der Waals surface area (Å²) in [6.07, 6.45) is 1.75. The number of Topliss-reactive ketones (excluding diaryl/α,β-unsaturated/α-hetero) is 1. The zero-order valence-electron chi connectivity index (χ0n) is 12.8. The molecule has 1 heterocycles. The van der Waals surface area contributed by atoms with Gasteiger partial charge in [-0.25, -0.2) is 0 Å². The fraction of sp³-hybridized carbons (Fsp3) is 0.167. The number of rotatable bonds is 3. The molecule has 0 saturated carbocycles. The minimum Gasteiger partial charge on any atom is -0.508 e. The molecule has 5 nitrogen and oxygen atoms in total. The Bertz CT molecular complexity index is 792. The summed E-state index contributed by atoms with van der Waals surface area (Å²) in [5.74, 6) is 1.57. The Labute approximate surface area is 133 Å². The van der Waals surface area contributed by atoms with Crippen molar-refractivity contribution in [2.45, 2.75) is 0 Å². The third kappa shape index (κ3) is 2.85. The van der Waals surface area contributed by atoms with Crippen LogP contribution in [0, 0.1) is 0 Å². The number of ketones is 1. The lowest BCUT2D eigenvalue weighted by molar-refractivity contribution is 0.100. The van der Waals surface area contributed by atoms with Crippen LogP contribution in [0.2, 0.25) is 0 Å². The molecule has 0 unspecified atom stereocenters. The maximum absolute atomic E-state index is 12.5. The van der Waals surface area contributed by atoms with Crippen LogP contribution in [0.5, 0.6) is 23.0 Å². The van der Waals surface area contributed by atoms with Gasteiger partial charge >= 0.3 is 0 Å². The Balaban J connectivity index is 1.96. The number of methoxy groups -OCH3 is 2. The lowest BCUT2D eigenvalue weighted by Gasteiger charge is -2.19. The predicted molar refractivity (Wildman–Crippen MR) is 85.5 cm³/mol. The fourth-order valence-corrected chi connectivity index (χ4v) is 2.47. The van der Waals surface area contributed by atoms with Gasteiger partial charge < -0.3 is 19.3 Å². The second-order valence-corrected chi connectivity index (χ2v) is 5.08. The van der Waals surface area contributed by atoms with Crippen molar-refractivity contribution in [3.63, 3.8) is 0 Å². The van der Waals surface area contributed by atoms with Gasteiger partial charge in [-0.2, -0.15) is 0 Å². The molecule has 0 atom stereocenters. The summed E-state index contributed by atoms with van der Waals surface area (Å²) >= 11 is 0. The van der Waals surface area contributed by atoms with E-state index < -0.39 is 0 Å². The maximum atomic E-state index is 12.5. The van der Waals surface area contributed by atoms with Gasteiger partial charge in [-0.05, 0) is 42.0 Å². The quantitative estimate of drug-likeness (QED) is 0.882. The number of carbonyl (C=O) groups excluding carboxylic acids is 1. The number of ether oxygens (including phenoxy) is 3. The minimum atomic E-state index is -0.156. The summed E-state index contributed by atoms with van der Waals surface area (Å²) < 4.78 is 16.0. The van der Waals surface area contributed by atoms with Crippen molar-refractivity contribution in [1.82, 2.24) is 0 Å². The van der Waals surface area contributed by atoms with Gasteiger partial charge in [0.2, 0.25) is 0 Å². The SMILES string of the molecule is COc1ccc(/C=C2\COc3ccc(O)cc3C2=O)cc1OC. The molecular weight excluding hydrogens is 296 g/mol. The highest BCUT2D eigenvalue weighted by Gasteiger charge is 2.23. The summed E-state index contributed by atoms with van der Waals surface area (Å²) in [6.45, 7) is 0.185. The molecule has 1 N–H and O–H groups in total. The molecule has 5 heteroatoms. The molecule has 0 aromatic heterocycles. The Morgan fingerprint density at radius 3 is 2.61 bits per heavy atom. The molecule has 0 amide bonds. The summed E-state index contributed by atoms with van der Waals surface area (Å²) in [5.41, 5.74) is 1.68. The van der Waals surface area contributed by atoms with Gasteiger partial charge in [0.05, 0.1) is 19.8 Å². The molecule has 0 fully saturated rings. The monoisotopic (exact) mass is 312 g/mol. The lowest BCUT2D eigenvalue weighted by atomic mass is 9.98. The van der Waals surface area contributed by atoms with E-state index in [1.165, 1.54) is 12.1 Å². The van der Waals surface area contributed by atoms with E-state index in [2.05, 4.69) is 0 Å². The number of hydrogen-bond donors (Lipinski definition) is 1. The highest BCUT2D eigenvalue weighted by Crippen LogP contribution is 2.32. The average Bonchev–Trinajstić information content (AvgIpc) is 2.57. The first-order chi connectivity index (χ1) is 11.1. The summed E-state index contributed by atoms with van der Waals surface area (Å²) in [7, 11) is 3.13. The van der Waals surface area contributed by atoms with Crippen molar-refractivity contribution in [3.8, 4) is 23.0 Å². The van der Waals surface area contributed by atoms with Crippen molar-refractivity contribution in [1.29, 1.82) is 0 Å². The summed E-state index contributed by atoms with van der Waals surface area (Å²) in [5, 5.41) is 9.55. The molecule has 0 bridgehead atoms. The number of phenolic OH excluding ortho intramolecular Hbond substituents is 1. The number of aromatic hydroxyl groups is 1. The third-order valence-electron chi connectivity index (χ3n) is 3.63. The van der Waals surface area contributed by atoms with Crippen LogP contribution in [0.15, 0.2) is 42.0 Å². The van der Waals surface area contributed by atoms with Crippen molar-refractivity contribution < 1.29 is 24.1 Å². The van der Waals surface area contributed by atoms with Crippen LogP contribution >= 0.6 is 0 Å². The molecule has 0 radical (unpaired) electrons. The minimum absolute atomic E-state index is 0.0352. The molecule has 2 aromatic carbocycles. The van der Waals surface area contributed by atoms with Gasteiger partial charge in [-0.3, -0.25) is 4.79 Å². The molecular formula is C18H16O5. The lowest BCUT2D eigenvalue weighted by Crippen LogP contribution is -2.18. The third-order valence-corrected chi connectivity index (χ3v) is 3.63. The largest absolute Gasteiger partial charge is 0.508 e. The predicted octanol–water partition coefficient (Wildman–Crippen LogP) is 3.07. The van der Waals surface area contributed by atoms with Crippen molar-refractivity contribution in [2.75, 3.05) is 20.8 Å². The Kier molecular flexibility index (Phi) is 3.93. The van der Waals surface area contributed by atoms with Gasteiger partial charge in [-0.15, -0.1) is 0 Å². The highest BCUT2D eigenvalue weighted by molar-refractivity contribution is 6.14. The first-order valence-corrected chi connectivity index (χ1v) is 7.05. The van der Waals surface area contributed by atoms with E-state index in [1.54, 1.807) is 38.5 Å². The number of fused-ring (bicyclic) bond motifs is 1. The average molecular weight is 312 g/mol. The molecule has 1 aliphatic heterocycles. The smallest absolute Gasteiger partial charge is 0.196 e. The van der Waals surface area contributed by atoms with E-state index in [1.807, 2.05) is 6.07 Å². The van der Waals surface area contributed by atoms with Crippen LogP contribution in [-0.4, -0.2) is 31.7 Å². The van der Waals surface area contributed by atoms with Crippen LogP contribution in [0.1, 0.15) is 15.9 Å². The van der Waals surface area contributed by atoms with E-state index in [4.69, 9.17) is 14.2 Å². The number of benzene rings is 2. The Morgan fingerprint density at radius 2 is 1.87 bits per heavy atom. The molecule has 23 heavy (non-hydrogen) atoms. The van der Waals surface area contributed by atoms with Gasteiger partial charge in [0.1, 0.15) is 18.1 Å². The van der Waals surface area contributed by atoms with E-state index in [-0.39, 0.29) is 18.1 Å². The zero-order valence-corrected chi connectivity index (χ0v) is 12.8. The normalized spacial score (nSPS) is 15.0. The van der Waals surface area contributed by atoms with E-state index in [0.717, 1.165) is 5.56 Å². The molecule has 1 aliphatic rings. The topological polar surface area (TPSA) is 65.0 Å². The first kappa shape index (κ1) is 15.0. The number of phenols is 1. The van der Waals surface area contributed by atoms with Gasteiger partial charge in [-0.1, -0.05) is 6.07 Å². The molecule has 0 aliphatic carbocycles. The second kappa shape index (κ2) is 6.04. The van der Waals surface area contributed by atoms with Crippen LogP contribution in [0.4, 0.5) is 0 Å². The first-order valence-electron chi connectivity index (χ1n) is 7.05. The van der Waals surface area contributed by atoms with Crippen molar-refractivity contribution >= 4 is 11.9 Å². The number of carbonyl (C=O) groups is 1. The van der Waals surface area contributed by atoms with Crippen molar-refractivity contribution in [2.24, 2.45) is 0 Å². The molecule has 3 rings (SSSR count). The van der Waals surface area contributed by atoms with Crippen LogP contribution < -0.4 is 14.2 Å². The van der Waals surface area contributed by atoms with Crippen LogP contribution in [0.3, 0.4) is 0 Å². The van der Waals surface area contributed by atoms with E-state index in [9.17, 15) is 9.90 Å². The van der Waals surface area contributed by atoms with Gasteiger partial charge in [0, 0.05) is 5.57 Å². The fourth-order valence-electron chi connectivity index (χ4n) is 2.47. The number of hydrogen-bond acceptors (Lipinski definition) is 5. The second-order valence-electron chi connectivity index (χ2n) is 5.08. The standard InChI is InChI=1S/C18H16O5/c1-21-16-5-3-11(8-17(16)22-2)7-12-10-23-15-6-4-13(19)9-14(15)18(12)20/h3-9,19H,10H2,1-2H3/b12-7+. The zero-order chi connectivity index (χ0) is 16.4. The van der Waals surface area contributed by atoms with Crippen LogP contribution in [-0.2, 0) is 0 Å².